The third kappa shape index (κ3) is 4.44. The Morgan fingerprint density at radius 2 is 1.95 bits per heavy atom. The van der Waals surface area contributed by atoms with E-state index < -0.39 is 0 Å². The van der Waals surface area contributed by atoms with Crippen LogP contribution in [0.25, 0.3) is 0 Å². The first-order chi connectivity index (χ1) is 9.72. The molecule has 0 radical (unpaired) electrons. The highest BCUT2D eigenvalue weighted by atomic mass is 35.5. The molecular formula is C16H25ClN2OS. The summed E-state index contributed by atoms with van der Waals surface area (Å²) in [5, 5.41) is 6.72. The molecule has 2 bridgehead atoms. The van der Waals surface area contributed by atoms with Crippen LogP contribution in [0.1, 0.15) is 48.8 Å². The number of amides is 1. The van der Waals surface area contributed by atoms with E-state index in [1.54, 1.807) is 11.3 Å². The van der Waals surface area contributed by atoms with Gasteiger partial charge in [-0.15, -0.1) is 23.7 Å². The Morgan fingerprint density at radius 3 is 2.57 bits per heavy atom. The van der Waals surface area contributed by atoms with Gasteiger partial charge < -0.3 is 10.6 Å². The third-order valence-electron chi connectivity index (χ3n) is 4.57. The number of fused-ring (bicyclic) bond motifs is 2. The van der Waals surface area contributed by atoms with Crippen molar-refractivity contribution in [2.24, 2.45) is 5.92 Å². The number of halogens is 1. The van der Waals surface area contributed by atoms with Gasteiger partial charge in [0.15, 0.2) is 0 Å². The quantitative estimate of drug-likeness (QED) is 0.871. The molecule has 0 aliphatic carbocycles. The van der Waals surface area contributed by atoms with Gasteiger partial charge in [-0.25, -0.2) is 0 Å². The van der Waals surface area contributed by atoms with E-state index >= 15 is 0 Å². The molecule has 21 heavy (non-hydrogen) atoms. The molecule has 3 heterocycles. The largest absolute Gasteiger partial charge is 0.351 e. The number of carbonyl (C=O) groups excluding carboxylic acids is 1. The van der Waals surface area contributed by atoms with E-state index in [9.17, 15) is 4.79 Å². The SMILES string of the molecule is CCc1ccc(CNC(=O)CC2CC3CCC(C2)N3)s1.Cl. The van der Waals surface area contributed by atoms with Crippen molar-refractivity contribution in [1.82, 2.24) is 10.6 Å². The van der Waals surface area contributed by atoms with E-state index in [0.717, 1.165) is 6.42 Å². The summed E-state index contributed by atoms with van der Waals surface area (Å²) >= 11 is 1.81. The van der Waals surface area contributed by atoms with Crippen LogP contribution in [0.2, 0.25) is 0 Å². The van der Waals surface area contributed by atoms with Crippen LogP contribution in [0.15, 0.2) is 12.1 Å². The Bertz CT molecular complexity index is 465. The lowest BCUT2D eigenvalue weighted by Gasteiger charge is -2.28. The van der Waals surface area contributed by atoms with Crippen LogP contribution >= 0.6 is 23.7 Å². The van der Waals surface area contributed by atoms with Crippen molar-refractivity contribution in [3.8, 4) is 0 Å². The molecule has 2 fully saturated rings. The molecule has 1 aromatic rings. The lowest BCUT2D eigenvalue weighted by Crippen LogP contribution is -2.39. The van der Waals surface area contributed by atoms with Gasteiger partial charge in [0.25, 0.3) is 0 Å². The molecule has 2 N–H and O–H groups in total. The summed E-state index contributed by atoms with van der Waals surface area (Å²) in [6.07, 6.45) is 6.76. The lowest BCUT2D eigenvalue weighted by atomic mass is 9.89. The fourth-order valence-electron chi connectivity index (χ4n) is 3.57. The average Bonchev–Trinajstić information content (AvgIpc) is 3.03. The van der Waals surface area contributed by atoms with Crippen LogP contribution in [-0.4, -0.2) is 18.0 Å². The maximum absolute atomic E-state index is 12.1. The molecule has 2 aliphatic rings. The predicted molar refractivity (Wildman–Crippen MR) is 90.1 cm³/mol. The van der Waals surface area contributed by atoms with Gasteiger partial charge >= 0.3 is 0 Å². The number of thiophene rings is 1. The Hall–Kier alpha value is -0.580. The molecule has 2 saturated heterocycles. The van der Waals surface area contributed by atoms with Crippen LogP contribution in [0.5, 0.6) is 0 Å². The van der Waals surface area contributed by atoms with Crippen LogP contribution in [0, 0.1) is 5.92 Å². The summed E-state index contributed by atoms with van der Waals surface area (Å²) in [5.74, 6) is 0.811. The van der Waals surface area contributed by atoms with Gasteiger partial charge in [-0.3, -0.25) is 4.79 Å². The number of hydrogen-bond donors (Lipinski definition) is 2. The molecule has 0 spiro atoms. The number of carbonyl (C=O) groups is 1. The molecule has 3 rings (SSSR count). The Kier molecular flexibility index (Phi) is 6.08. The minimum Gasteiger partial charge on any atom is -0.351 e. The van der Waals surface area contributed by atoms with Crippen molar-refractivity contribution in [1.29, 1.82) is 0 Å². The van der Waals surface area contributed by atoms with E-state index in [1.807, 2.05) is 0 Å². The second-order valence-corrected chi connectivity index (χ2v) is 7.43. The van der Waals surface area contributed by atoms with Crippen LogP contribution in [0.3, 0.4) is 0 Å². The van der Waals surface area contributed by atoms with Crippen LogP contribution < -0.4 is 10.6 Å². The van der Waals surface area contributed by atoms with Gasteiger partial charge in [0.1, 0.15) is 0 Å². The zero-order chi connectivity index (χ0) is 13.9. The number of rotatable bonds is 5. The van der Waals surface area contributed by atoms with Gasteiger partial charge in [-0.2, -0.15) is 0 Å². The first kappa shape index (κ1) is 16.8. The van der Waals surface area contributed by atoms with Gasteiger partial charge in [-0.05, 0) is 50.2 Å². The van der Waals surface area contributed by atoms with Crippen molar-refractivity contribution in [3.05, 3.63) is 21.9 Å². The van der Waals surface area contributed by atoms with Crippen molar-refractivity contribution in [2.75, 3.05) is 0 Å². The highest BCUT2D eigenvalue weighted by Crippen LogP contribution is 2.32. The first-order valence-corrected chi connectivity index (χ1v) is 8.65. The molecule has 0 aromatic carbocycles. The fourth-order valence-corrected chi connectivity index (χ4v) is 4.47. The number of nitrogens with one attached hydrogen (secondary N) is 2. The molecule has 2 aliphatic heterocycles. The van der Waals surface area contributed by atoms with Crippen molar-refractivity contribution in [3.63, 3.8) is 0 Å². The zero-order valence-corrected chi connectivity index (χ0v) is 14.2. The van der Waals surface area contributed by atoms with Gasteiger partial charge in [0.2, 0.25) is 5.91 Å². The predicted octanol–water partition coefficient (Wildman–Crippen LogP) is 3.27. The summed E-state index contributed by atoms with van der Waals surface area (Å²) in [7, 11) is 0. The monoisotopic (exact) mass is 328 g/mol. The number of hydrogen-bond acceptors (Lipinski definition) is 3. The van der Waals surface area contributed by atoms with Crippen molar-refractivity contribution < 1.29 is 4.79 Å². The summed E-state index contributed by atoms with van der Waals surface area (Å²) in [6.45, 7) is 2.86. The van der Waals surface area contributed by atoms with Crippen LogP contribution in [0.4, 0.5) is 0 Å². The molecule has 2 atom stereocenters. The van der Waals surface area contributed by atoms with Crippen LogP contribution in [-0.2, 0) is 17.8 Å². The van der Waals surface area contributed by atoms with Crippen molar-refractivity contribution >= 4 is 29.7 Å². The molecular weight excluding hydrogens is 304 g/mol. The summed E-state index contributed by atoms with van der Waals surface area (Å²) < 4.78 is 0. The van der Waals surface area contributed by atoms with Gasteiger partial charge in [0.05, 0.1) is 6.54 Å². The molecule has 3 nitrogen and oxygen atoms in total. The summed E-state index contributed by atoms with van der Waals surface area (Å²) in [5.41, 5.74) is 0. The minimum atomic E-state index is 0. The van der Waals surface area contributed by atoms with E-state index in [4.69, 9.17) is 0 Å². The van der Waals surface area contributed by atoms with E-state index in [1.165, 1.54) is 35.4 Å². The second-order valence-electron chi connectivity index (χ2n) is 6.18. The lowest BCUT2D eigenvalue weighted by molar-refractivity contribution is -0.122. The molecule has 1 amide bonds. The van der Waals surface area contributed by atoms with E-state index in [0.29, 0.717) is 31.0 Å². The van der Waals surface area contributed by atoms with E-state index in [-0.39, 0.29) is 18.3 Å². The zero-order valence-electron chi connectivity index (χ0n) is 12.6. The molecule has 1 aromatic heterocycles. The van der Waals surface area contributed by atoms with Crippen molar-refractivity contribution in [2.45, 2.75) is 64.1 Å². The summed E-state index contributed by atoms with van der Waals surface area (Å²) in [6, 6.07) is 5.65. The average molecular weight is 329 g/mol. The Morgan fingerprint density at radius 1 is 1.29 bits per heavy atom. The number of piperidine rings is 1. The topological polar surface area (TPSA) is 41.1 Å². The standard InChI is InChI=1S/C16H24N2OS.ClH/c1-2-14-5-6-15(20-14)10-17-16(19)9-11-7-12-3-4-13(8-11)18-12;/h5-6,11-13,18H,2-4,7-10H2,1H3,(H,17,19);1H. The van der Waals surface area contributed by atoms with Gasteiger partial charge in [-0.1, -0.05) is 6.92 Å². The Balaban J connectivity index is 0.00000161. The van der Waals surface area contributed by atoms with Gasteiger partial charge in [0, 0.05) is 28.3 Å². The first-order valence-electron chi connectivity index (χ1n) is 7.83. The fraction of sp³-hybridized carbons (Fsp3) is 0.688. The molecule has 0 saturated carbocycles. The highest BCUT2D eigenvalue weighted by molar-refractivity contribution is 7.11. The summed E-state index contributed by atoms with van der Waals surface area (Å²) in [4.78, 5) is 14.7. The normalized spacial score (nSPS) is 27.2. The number of aryl methyl sites for hydroxylation is 1. The minimum absolute atomic E-state index is 0. The van der Waals surface area contributed by atoms with E-state index in [2.05, 4.69) is 29.7 Å². The maximum atomic E-state index is 12.1. The molecule has 5 heteroatoms. The Labute approximate surface area is 137 Å². The molecule has 118 valence electrons. The smallest absolute Gasteiger partial charge is 0.220 e. The molecule has 2 unspecified atom stereocenters. The second kappa shape index (κ2) is 7.61. The third-order valence-corrected chi connectivity index (χ3v) is 5.80. The highest BCUT2D eigenvalue weighted by Gasteiger charge is 2.34. The maximum Gasteiger partial charge on any atom is 0.220 e.